The monoisotopic (exact) mass is 402 g/mol. The lowest BCUT2D eigenvalue weighted by Gasteiger charge is -2.34. The van der Waals surface area contributed by atoms with Crippen molar-refractivity contribution in [1.82, 2.24) is 0 Å². The molecule has 1 aliphatic rings. The topological polar surface area (TPSA) is 96.2 Å². The summed E-state index contributed by atoms with van der Waals surface area (Å²) >= 11 is 3.14. The van der Waals surface area contributed by atoms with Crippen LogP contribution in [0.15, 0.2) is 0 Å². The van der Waals surface area contributed by atoms with E-state index in [1.54, 1.807) is 0 Å². The molecule has 22 heavy (non-hydrogen) atoms. The number of hydrogen-bond donors (Lipinski definition) is 3. The van der Waals surface area contributed by atoms with E-state index in [0.29, 0.717) is 0 Å². The molecular weight excluding hydrogens is 381 g/mol. The molecule has 2 radical (unpaired) electrons. The van der Waals surface area contributed by atoms with Gasteiger partial charge in [0.15, 0.2) is 5.34 Å². The number of aliphatic hydroxyl groups is 2. The van der Waals surface area contributed by atoms with Crippen LogP contribution in [0.5, 0.6) is 0 Å². The highest BCUT2D eigenvalue weighted by atomic mass is 79.9. The molecule has 6 nitrogen and oxygen atoms in total. The lowest BCUT2D eigenvalue weighted by molar-refractivity contribution is -0.124. The van der Waals surface area contributed by atoms with Crippen LogP contribution in [0.1, 0.15) is 40.0 Å². The highest BCUT2D eigenvalue weighted by Gasteiger charge is 2.51. The summed E-state index contributed by atoms with van der Waals surface area (Å²) in [7, 11) is 0.961. The molecule has 10 heteroatoms. The quantitative estimate of drug-likeness (QED) is 0.341. The Kier molecular flexibility index (Phi) is 6.70. The van der Waals surface area contributed by atoms with Gasteiger partial charge in [-0.05, 0) is 13.3 Å². The number of hydrogen-bond acceptors (Lipinski definition) is 5. The zero-order chi connectivity index (χ0) is 17.3. The van der Waals surface area contributed by atoms with Crippen molar-refractivity contribution in [3.05, 3.63) is 0 Å². The average molecular weight is 403 g/mol. The van der Waals surface area contributed by atoms with Gasteiger partial charge in [0.25, 0.3) is 0 Å². The summed E-state index contributed by atoms with van der Waals surface area (Å²) in [5.74, 6) is -2.54. The first-order chi connectivity index (χ1) is 9.89. The summed E-state index contributed by atoms with van der Waals surface area (Å²) in [6, 6.07) is -0.819. The number of aliphatic hydroxyl groups excluding tert-OH is 1. The van der Waals surface area contributed by atoms with E-state index in [4.69, 9.17) is 17.1 Å². The first-order valence-electron chi connectivity index (χ1n) is 7.07. The standard InChI is InChI=1S/C12H22BBrFO6P/c1-4-11(3,17)22(18,19)21-12(15,5-2)6-7-9(16)8(14)10(13)20-7/h7-10,16-17H,4-6H2,1-3H3,(H,18,19)/t7-,8-,9-,10-,11?,12?/m1/s1. The van der Waals surface area contributed by atoms with E-state index in [-0.39, 0.29) is 12.8 Å². The molecule has 1 fully saturated rings. The van der Waals surface area contributed by atoms with E-state index >= 15 is 0 Å². The molecule has 0 saturated carbocycles. The maximum Gasteiger partial charge on any atom is 0.361 e. The van der Waals surface area contributed by atoms with Gasteiger partial charge in [-0.15, -0.1) is 0 Å². The third kappa shape index (κ3) is 4.32. The van der Waals surface area contributed by atoms with Crippen LogP contribution in [0, 0.1) is 0 Å². The zero-order valence-electron chi connectivity index (χ0n) is 12.8. The molecule has 128 valence electrons. The highest BCUT2D eigenvalue weighted by molar-refractivity contribution is 9.09. The third-order valence-electron chi connectivity index (χ3n) is 3.95. The van der Waals surface area contributed by atoms with Crippen molar-refractivity contribution >= 4 is 31.4 Å². The van der Waals surface area contributed by atoms with Crippen LogP contribution in [-0.4, -0.2) is 57.2 Å². The van der Waals surface area contributed by atoms with Gasteiger partial charge in [0, 0.05) is 18.8 Å². The molecule has 3 N–H and O–H groups in total. The smallest absolute Gasteiger partial charge is 0.361 e. The van der Waals surface area contributed by atoms with E-state index in [2.05, 4.69) is 15.9 Å². The van der Waals surface area contributed by atoms with Crippen molar-refractivity contribution in [2.75, 3.05) is 0 Å². The summed E-state index contributed by atoms with van der Waals surface area (Å²) in [6.45, 7) is 4.01. The molecule has 1 heterocycles. The lowest BCUT2D eigenvalue weighted by Crippen LogP contribution is -2.38. The molecule has 0 amide bonds. The molecule has 0 aromatic carbocycles. The van der Waals surface area contributed by atoms with Gasteiger partial charge in [0.1, 0.15) is 7.85 Å². The predicted octanol–water partition coefficient (Wildman–Crippen LogP) is 1.79. The first-order valence-corrected chi connectivity index (χ1v) is 9.56. The largest absolute Gasteiger partial charge is 0.389 e. The summed E-state index contributed by atoms with van der Waals surface area (Å²) in [5.41, 5.74) is 0. The van der Waals surface area contributed by atoms with Crippen molar-refractivity contribution in [2.24, 2.45) is 0 Å². The second-order valence-corrected chi connectivity index (χ2v) is 8.94. The fourth-order valence-corrected chi connectivity index (χ4v) is 3.70. The third-order valence-corrected chi connectivity index (χ3v) is 7.12. The minimum Gasteiger partial charge on any atom is -0.389 e. The Morgan fingerprint density at radius 1 is 1.45 bits per heavy atom. The van der Waals surface area contributed by atoms with Gasteiger partial charge in [-0.2, -0.15) is 0 Å². The number of ether oxygens (including phenoxy) is 1. The number of alkyl halides is 2. The zero-order valence-corrected chi connectivity index (χ0v) is 15.3. The second-order valence-electron chi connectivity index (χ2n) is 5.70. The molecule has 3 unspecified atom stereocenters. The molecule has 0 aromatic rings. The highest BCUT2D eigenvalue weighted by Crippen LogP contribution is 2.59. The maximum atomic E-state index is 14.8. The van der Waals surface area contributed by atoms with Gasteiger partial charge < -0.3 is 19.8 Å². The summed E-state index contributed by atoms with van der Waals surface area (Å²) in [5, 5.41) is 17.8. The first kappa shape index (κ1) is 20.5. The van der Waals surface area contributed by atoms with Crippen LogP contribution in [0.3, 0.4) is 0 Å². The van der Waals surface area contributed by atoms with E-state index in [0.717, 1.165) is 6.92 Å². The second kappa shape index (κ2) is 7.17. The van der Waals surface area contributed by atoms with E-state index in [1.807, 2.05) is 0 Å². The van der Waals surface area contributed by atoms with Gasteiger partial charge >= 0.3 is 7.60 Å². The molecule has 1 aliphatic heterocycles. The Morgan fingerprint density at radius 2 is 2.00 bits per heavy atom. The lowest BCUT2D eigenvalue weighted by atomic mass is 9.95. The van der Waals surface area contributed by atoms with Crippen LogP contribution in [-0.2, 0) is 13.8 Å². The Hall–Kier alpha value is 0.505. The van der Waals surface area contributed by atoms with Crippen LogP contribution in [0.2, 0.25) is 0 Å². The van der Waals surface area contributed by atoms with Crippen LogP contribution in [0.4, 0.5) is 4.39 Å². The van der Waals surface area contributed by atoms with Gasteiger partial charge in [-0.25, -0.2) is 4.39 Å². The van der Waals surface area contributed by atoms with Crippen molar-refractivity contribution in [2.45, 2.75) is 74.3 Å². The van der Waals surface area contributed by atoms with E-state index in [9.17, 15) is 24.1 Å². The molecule has 1 saturated heterocycles. The fraction of sp³-hybridized carbons (Fsp3) is 1.00. The average Bonchev–Trinajstić information content (AvgIpc) is 2.65. The Balaban J connectivity index is 2.87. The van der Waals surface area contributed by atoms with Crippen molar-refractivity contribution in [1.29, 1.82) is 0 Å². The molecule has 0 aromatic heterocycles. The fourth-order valence-electron chi connectivity index (χ4n) is 1.99. The van der Waals surface area contributed by atoms with Crippen LogP contribution in [0.25, 0.3) is 0 Å². The summed E-state index contributed by atoms with van der Waals surface area (Å²) < 4.78 is 37.0. The maximum absolute atomic E-state index is 14.8. The summed E-state index contributed by atoms with van der Waals surface area (Å²) in [4.78, 5) is 9.29. The molecule has 1 rings (SSSR count). The van der Waals surface area contributed by atoms with Gasteiger partial charge in [0.05, 0.1) is 17.0 Å². The van der Waals surface area contributed by atoms with Crippen LogP contribution < -0.4 is 0 Å². The summed E-state index contributed by atoms with van der Waals surface area (Å²) in [6.07, 6.45) is -2.89. The molecule has 0 aliphatic carbocycles. The minimum absolute atomic E-state index is 0.0858. The van der Waals surface area contributed by atoms with E-state index < -0.39 is 48.3 Å². The SMILES string of the molecule is [B][C@@H]1O[C@H](CC(F)(CC)OP(=O)(O)C(C)(O)CC)[C@@H](O)[C@H]1Br. The van der Waals surface area contributed by atoms with Crippen molar-refractivity contribution in [3.63, 3.8) is 0 Å². The molecule has 7 atom stereocenters. The number of rotatable bonds is 7. The minimum atomic E-state index is -4.64. The van der Waals surface area contributed by atoms with Crippen molar-refractivity contribution in [3.8, 4) is 0 Å². The molecular formula is C12H22BBrFO6P. The predicted molar refractivity (Wildman–Crippen MR) is 83.7 cm³/mol. The molecule has 0 bridgehead atoms. The number of halogens is 2. The van der Waals surface area contributed by atoms with Crippen molar-refractivity contribution < 1.29 is 33.3 Å². The molecule has 0 spiro atoms. The Morgan fingerprint density at radius 3 is 2.36 bits per heavy atom. The van der Waals surface area contributed by atoms with Crippen LogP contribution >= 0.6 is 23.5 Å². The van der Waals surface area contributed by atoms with Gasteiger partial charge in [-0.1, -0.05) is 29.8 Å². The normalized spacial score (nSPS) is 37.3. The Labute approximate surface area is 139 Å². The van der Waals surface area contributed by atoms with Gasteiger partial charge in [-0.3, -0.25) is 9.09 Å². The van der Waals surface area contributed by atoms with E-state index in [1.165, 1.54) is 13.8 Å². The van der Waals surface area contributed by atoms with Gasteiger partial charge in [0.2, 0.25) is 5.85 Å². The Bertz CT molecular complexity index is 442.